The molecular weight excluding hydrogens is 390 g/mol. The smallest absolute Gasteiger partial charge is 0.305 e. The Morgan fingerprint density at radius 2 is 1.84 bits per heavy atom. The Balaban J connectivity index is 1.52. The Bertz CT molecular complexity index is 1000. The number of anilines is 1. The first-order valence-corrected chi connectivity index (χ1v) is 11.0. The number of fused-ring (bicyclic) bond motifs is 1. The van der Waals surface area contributed by atoms with E-state index in [9.17, 15) is 4.79 Å². The van der Waals surface area contributed by atoms with Crippen LogP contribution in [0.1, 0.15) is 74.4 Å². The van der Waals surface area contributed by atoms with Crippen molar-refractivity contribution in [3.8, 4) is 5.88 Å². The number of hydrogen-bond donors (Lipinski definition) is 1. The van der Waals surface area contributed by atoms with Gasteiger partial charge in [0.15, 0.2) is 0 Å². The first-order chi connectivity index (χ1) is 14.8. The van der Waals surface area contributed by atoms with Crippen molar-refractivity contribution in [1.82, 2.24) is 9.97 Å². The average molecular weight is 422 g/mol. The van der Waals surface area contributed by atoms with Crippen molar-refractivity contribution in [2.24, 2.45) is 5.92 Å². The maximum absolute atomic E-state index is 11.5. The first kappa shape index (κ1) is 21.3. The van der Waals surface area contributed by atoms with Crippen LogP contribution < -0.4 is 10.5 Å². The van der Waals surface area contributed by atoms with Gasteiger partial charge in [0.25, 0.3) is 0 Å². The zero-order valence-corrected chi connectivity index (χ0v) is 18.8. The fraction of sp³-hybridized carbons (Fsp3) is 0.480. The SMILES string of the molecule is COC(=O)C[C@H]1CC[C@H](c2ccc(C3=Cc4c(N)nc(C)nc4OC3(C)C)cc2)CC1. The number of esters is 1. The minimum absolute atomic E-state index is 0.0961. The second kappa shape index (κ2) is 8.33. The van der Waals surface area contributed by atoms with Gasteiger partial charge in [-0.1, -0.05) is 24.3 Å². The van der Waals surface area contributed by atoms with Crippen LogP contribution in [0.15, 0.2) is 24.3 Å². The minimum atomic E-state index is -0.520. The highest BCUT2D eigenvalue weighted by Crippen LogP contribution is 2.42. The van der Waals surface area contributed by atoms with E-state index < -0.39 is 5.60 Å². The van der Waals surface area contributed by atoms with E-state index in [1.807, 2.05) is 20.8 Å². The number of hydrogen-bond acceptors (Lipinski definition) is 6. The summed E-state index contributed by atoms with van der Waals surface area (Å²) in [5.74, 6) is 2.48. The predicted molar refractivity (Wildman–Crippen MR) is 122 cm³/mol. The zero-order chi connectivity index (χ0) is 22.2. The molecule has 2 aliphatic rings. The van der Waals surface area contributed by atoms with Crippen LogP contribution in [0, 0.1) is 12.8 Å². The normalized spacial score (nSPS) is 22.1. The number of ether oxygens (including phenoxy) is 2. The third kappa shape index (κ3) is 4.43. The first-order valence-electron chi connectivity index (χ1n) is 11.0. The van der Waals surface area contributed by atoms with E-state index in [-0.39, 0.29) is 5.97 Å². The van der Waals surface area contributed by atoms with Crippen molar-refractivity contribution in [3.05, 3.63) is 46.8 Å². The van der Waals surface area contributed by atoms with E-state index >= 15 is 0 Å². The second-order valence-electron chi connectivity index (χ2n) is 9.17. The van der Waals surface area contributed by atoms with Crippen molar-refractivity contribution in [2.75, 3.05) is 12.8 Å². The molecule has 0 unspecified atom stereocenters. The van der Waals surface area contributed by atoms with Gasteiger partial charge in [-0.05, 0) is 75.5 Å². The Morgan fingerprint density at radius 3 is 2.48 bits per heavy atom. The van der Waals surface area contributed by atoms with E-state index in [1.165, 1.54) is 12.7 Å². The van der Waals surface area contributed by atoms with Gasteiger partial charge in [0.05, 0.1) is 12.7 Å². The molecule has 0 spiro atoms. The largest absolute Gasteiger partial charge is 0.469 e. The van der Waals surface area contributed by atoms with Crippen LogP contribution >= 0.6 is 0 Å². The highest BCUT2D eigenvalue weighted by atomic mass is 16.5. The molecule has 164 valence electrons. The van der Waals surface area contributed by atoms with Gasteiger partial charge >= 0.3 is 5.97 Å². The van der Waals surface area contributed by atoms with Crippen molar-refractivity contribution in [3.63, 3.8) is 0 Å². The van der Waals surface area contributed by atoms with Crippen molar-refractivity contribution >= 4 is 23.4 Å². The molecule has 6 heteroatoms. The lowest BCUT2D eigenvalue weighted by Gasteiger charge is -2.34. The maximum atomic E-state index is 11.5. The number of carbonyl (C=O) groups is 1. The number of methoxy groups -OCH3 is 1. The Morgan fingerprint density at radius 1 is 1.16 bits per heavy atom. The molecular formula is C25H31N3O3. The van der Waals surface area contributed by atoms with E-state index in [4.69, 9.17) is 15.2 Å². The van der Waals surface area contributed by atoms with Gasteiger partial charge in [-0.2, -0.15) is 4.98 Å². The highest BCUT2D eigenvalue weighted by Gasteiger charge is 2.33. The number of rotatable bonds is 4. The number of carbonyl (C=O) groups excluding carboxylic acids is 1. The second-order valence-corrected chi connectivity index (χ2v) is 9.17. The van der Waals surface area contributed by atoms with Crippen LogP contribution in [0.3, 0.4) is 0 Å². The van der Waals surface area contributed by atoms with E-state index in [0.29, 0.717) is 35.8 Å². The lowest BCUT2D eigenvalue weighted by atomic mass is 9.77. The number of nitrogens with zero attached hydrogens (tertiary/aromatic N) is 2. The molecule has 0 atom stereocenters. The van der Waals surface area contributed by atoms with Gasteiger partial charge in [-0.3, -0.25) is 4.79 Å². The maximum Gasteiger partial charge on any atom is 0.305 e. The summed E-state index contributed by atoms with van der Waals surface area (Å²) in [6.45, 7) is 5.91. The fourth-order valence-electron chi connectivity index (χ4n) is 4.79. The molecule has 0 radical (unpaired) electrons. The monoisotopic (exact) mass is 421 g/mol. The molecule has 1 aromatic heterocycles. The summed E-state index contributed by atoms with van der Waals surface area (Å²) in [4.78, 5) is 20.2. The number of aromatic nitrogens is 2. The number of nitrogens with two attached hydrogens (primary N) is 1. The van der Waals surface area contributed by atoms with Gasteiger partial charge in [-0.15, -0.1) is 0 Å². The molecule has 0 bridgehead atoms. The molecule has 1 aliphatic heterocycles. The number of aryl methyl sites for hydroxylation is 1. The van der Waals surface area contributed by atoms with Crippen LogP contribution in [0.25, 0.3) is 11.6 Å². The molecule has 31 heavy (non-hydrogen) atoms. The van der Waals surface area contributed by atoms with Crippen LogP contribution in [0.2, 0.25) is 0 Å². The van der Waals surface area contributed by atoms with Gasteiger partial charge in [0, 0.05) is 12.0 Å². The van der Waals surface area contributed by atoms with Gasteiger partial charge in [0.1, 0.15) is 17.2 Å². The molecule has 4 rings (SSSR count). The quantitative estimate of drug-likeness (QED) is 0.706. The lowest BCUT2D eigenvalue weighted by Crippen LogP contribution is -2.33. The lowest BCUT2D eigenvalue weighted by molar-refractivity contribution is -0.142. The van der Waals surface area contributed by atoms with Gasteiger partial charge in [0.2, 0.25) is 5.88 Å². The van der Waals surface area contributed by atoms with Gasteiger partial charge in [-0.25, -0.2) is 4.98 Å². The standard InChI is InChI=1S/C25H31N3O3/c1-15-27-23(26)20-14-21(25(2,3)31-24(20)28-15)19-11-9-18(10-12-19)17-7-5-16(6-8-17)13-22(29)30-4/h9-12,14,16-17H,5-8,13H2,1-4H3,(H2,26,27,28)/t16-,17-. The van der Waals surface area contributed by atoms with E-state index in [0.717, 1.165) is 42.4 Å². The summed E-state index contributed by atoms with van der Waals surface area (Å²) in [5.41, 5.74) is 9.89. The molecule has 1 fully saturated rings. The molecule has 2 heterocycles. The molecule has 1 saturated carbocycles. The van der Waals surface area contributed by atoms with Gasteiger partial charge < -0.3 is 15.2 Å². The molecule has 0 amide bonds. The van der Waals surface area contributed by atoms with Crippen molar-refractivity contribution in [2.45, 2.75) is 64.4 Å². The third-order valence-electron chi connectivity index (χ3n) is 6.56. The van der Waals surface area contributed by atoms with Crippen LogP contribution in [-0.4, -0.2) is 28.6 Å². The van der Waals surface area contributed by atoms with Crippen molar-refractivity contribution < 1.29 is 14.3 Å². The van der Waals surface area contributed by atoms with Crippen LogP contribution in [0.5, 0.6) is 5.88 Å². The Kier molecular flexibility index (Phi) is 5.73. The molecule has 0 saturated heterocycles. The molecule has 2 aromatic rings. The minimum Gasteiger partial charge on any atom is -0.469 e. The fourth-order valence-corrected chi connectivity index (χ4v) is 4.79. The molecule has 1 aliphatic carbocycles. The van der Waals surface area contributed by atoms with E-state index in [2.05, 4.69) is 40.3 Å². The summed E-state index contributed by atoms with van der Waals surface area (Å²) in [5, 5.41) is 0. The number of benzene rings is 1. The number of nitrogen functional groups attached to an aromatic ring is 1. The zero-order valence-electron chi connectivity index (χ0n) is 18.8. The van der Waals surface area contributed by atoms with Crippen LogP contribution in [-0.2, 0) is 9.53 Å². The topological polar surface area (TPSA) is 87.3 Å². The average Bonchev–Trinajstić information content (AvgIpc) is 2.73. The summed E-state index contributed by atoms with van der Waals surface area (Å²) < 4.78 is 11.0. The summed E-state index contributed by atoms with van der Waals surface area (Å²) in [6, 6.07) is 8.79. The predicted octanol–water partition coefficient (Wildman–Crippen LogP) is 4.92. The van der Waals surface area contributed by atoms with Crippen molar-refractivity contribution in [1.29, 1.82) is 0 Å². The summed E-state index contributed by atoms with van der Waals surface area (Å²) in [7, 11) is 1.46. The highest BCUT2D eigenvalue weighted by molar-refractivity contribution is 5.91. The van der Waals surface area contributed by atoms with Crippen LogP contribution in [0.4, 0.5) is 5.82 Å². The molecule has 2 N–H and O–H groups in total. The Labute approximate surface area is 183 Å². The third-order valence-corrected chi connectivity index (χ3v) is 6.56. The summed E-state index contributed by atoms with van der Waals surface area (Å²) in [6.07, 6.45) is 6.96. The summed E-state index contributed by atoms with van der Waals surface area (Å²) >= 11 is 0. The van der Waals surface area contributed by atoms with E-state index in [1.54, 1.807) is 0 Å². The molecule has 6 nitrogen and oxygen atoms in total. The molecule has 1 aromatic carbocycles. The Hall–Kier alpha value is -2.89.